The van der Waals surface area contributed by atoms with E-state index >= 15 is 0 Å². The molecule has 0 bridgehead atoms. The largest absolute Gasteiger partial charge is 0.466 e. The van der Waals surface area contributed by atoms with Crippen molar-refractivity contribution in [2.45, 2.75) is 341 Å². The average Bonchev–Trinajstić information content (AvgIpc) is 3.35. The maximum atomic E-state index is 12.5. The third-order valence-corrected chi connectivity index (χ3v) is 14.2. The molecule has 2 unspecified atom stereocenters. The van der Waals surface area contributed by atoms with Crippen LogP contribution in [0.3, 0.4) is 0 Å². The van der Waals surface area contributed by atoms with Crippen molar-refractivity contribution >= 4 is 11.9 Å². The van der Waals surface area contributed by atoms with Crippen molar-refractivity contribution in [1.29, 1.82) is 0 Å². The van der Waals surface area contributed by atoms with Gasteiger partial charge in [-0.1, -0.05) is 275 Å². The number of carbonyl (C=O) groups is 2. The summed E-state index contributed by atoms with van der Waals surface area (Å²) in [6.45, 7) is 4.89. The van der Waals surface area contributed by atoms with Crippen molar-refractivity contribution in [3.05, 3.63) is 36.5 Å². The monoisotopic (exact) mass is 970 g/mol. The molecule has 0 rings (SSSR count). The van der Waals surface area contributed by atoms with Gasteiger partial charge in [-0.25, -0.2) is 0 Å². The number of esters is 1. The summed E-state index contributed by atoms with van der Waals surface area (Å²) in [6, 6.07) is -0.551. The van der Waals surface area contributed by atoms with Crippen molar-refractivity contribution in [2.75, 3.05) is 13.2 Å². The average molecular weight is 971 g/mol. The van der Waals surface area contributed by atoms with Crippen LogP contribution in [0.5, 0.6) is 0 Å². The van der Waals surface area contributed by atoms with Gasteiger partial charge in [-0.05, 0) is 77.0 Å². The van der Waals surface area contributed by atoms with Gasteiger partial charge in [-0.2, -0.15) is 0 Å². The minimum Gasteiger partial charge on any atom is -0.466 e. The summed E-state index contributed by atoms with van der Waals surface area (Å²) in [5.74, 6) is -0.0665. The second-order valence-electron chi connectivity index (χ2n) is 21.1. The number of nitrogens with one attached hydrogen (secondary N) is 1. The normalized spacial score (nSPS) is 12.8. The molecular formula is C63H119NO5. The van der Waals surface area contributed by atoms with Crippen LogP contribution < -0.4 is 5.32 Å². The number of unbranched alkanes of at least 4 members (excludes halogenated alkanes) is 41. The molecule has 1 amide bonds. The van der Waals surface area contributed by atoms with E-state index in [1.165, 1.54) is 225 Å². The molecule has 0 saturated heterocycles. The Kier molecular flexibility index (Phi) is 57.0. The zero-order chi connectivity index (χ0) is 50.0. The topological polar surface area (TPSA) is 95.9 Å². The molecule has 0 aromatic heterocycles. The predicted octanol–water partition coefficient (Wildman–Crippen LogP) is 19.2. The van der Waals surface area contributed by atoms with Crippen LogP contribution in [0.1, 0.15) is 328 Å². The van der Waals surface area contributed by atoms with Gasteiger partial charge < -0.3 is 20.3 Å². The van der Waals surface area contributed by atoms with E-state index in [1.54, 1.807) is 0 Å². The van der Waals surface area contributed by atoms with Crippen LogP contribution in [0.2, 0.25) is 0 Å². The van der Waals surface area contributed by atoms with Gasteiger partial charge in [0.1, 0.15) is 0 Å². The molecule has 0 aromatic carbocycles. The van der Waals surface area contributed by atoms with E-state index in [9.17, 15) is 19.8 Å². The Bertz CT molecular complexity index is 1120. The molecule has 0 aliphatic rings. The van der Waals surface area contributed by atoms with Gasteiger partial charge in [0.2, 0.25) is 5.91 Å². The molecule has 0 aliphatic carbocycles. The second kappa shape index (κ2) is 58.6. The van der Waals surface area contributed by atoms with Crippen LogP contribution in [0.25, 0.3) is 0 Å². The lowest BCUT2D eigenvalue weighted by Crippen LogP contribution is -2.45. The molecule has 0 spiro atoms. The van der Waals surface area contributed by atoms with Crippen molar-refractivity contribution in [3.8, 4) is 0 Å². The van der Waals surface area contributed by atoms with Gasteiger partial charge in [-0.3, -0.25) is 9.59 Å². The van der Waals surface area contributed by atoms with Crippen LogP contribution >= 0.6 is 0 Å². The Labute approximate surface area is 430 Å². The predicted molar refractivity (Wildman–Crippen MR) is 301 cm³/mol. The van der Waals surface area contributed by atoms with Crippen molar-refractivity contribution in [3.63, 3.8) is 0 Å². The molecule has 0 aliphatic heterocycles. The van der Waals surface area contributed by atoms with Gasteiger partial charge in [-0.15, -0.1) is 0 Å². The van der Waals surface area contributed by atoms with Crippen LogP contribution in [0, 0.1) is 0 Å². The van der Waals surface area contributed by atoms with Crippen LogP contribution in [0.4, 0.5) is 0 Å². The van der Waals surface area contributed by atoms with Gasteiger partial charge in [0.25, 0.3) is 0 Å². The van der Waals surface area contributed by atoms with Crippen LogP contribution in [0.15, 0.2) is 36.5 Å². The molecule has 3 N–H and O–H groups in total. The van der Waals surface area contributed by atoms with Crippen molar-refractivity contribution in [2.24, 2.45) is 0 Å². The first-order valence-corrected chi connectivity index (χ1v) is 30.8. The summed E-state index contributed by atoms with van der Waals surface area (Å²) in [5, 5.41) is 23.4. The minimum absolute atomic E-state index is 0.0242. The van der Waals surface area contributed by atoms with E-state index in [0.717, 1.165) is 70.6 Å². The third kappa shape index (κ3) is 55.2. The van der Waals surface area contributed by atoms with Gasteiger partial charge in [0.15, 0.2) is 0 Å². The fourth-order valence-corrected chi connectivity index (χ4v) is 9.44. The first kappa shape index (κ1) is 67.1. The van der Waals surface area contributed by atoms with Crippen LogP contribution in [-0.2, 0) is 14.3 Å². The van der Waals surface area contributed by atoms with E-state index < -0.39 is 12.1 Å². The van der Waals surface area contributed by atoms with E-state index in [1.807, 2.05) is 0 Å². The number of carbonyl (C=O) groups excluding carboxylic acids is 2. The van der Waals surface area contributed by atoms with Gasteiger partial charge >= 0.3 is 5.97 Å². The fraction of sp³-hybridized carbons (Fsp3) is 0.873. The maximum absolute atomic E-state index is 12.5. The molecule has 406 valence electrons. The Hall–Kier alpha value is -1.92. The van der Waals surface area contributed by atoms with E-state index in [2.05, 4.69) is 55.6 Å². The molecule has 0 radical (unpaired) electrons. The smallest absolute Gasteiger partial charge is 0.305 e. The number of aliphatic hydroxyl groups excluding tert-OH is 2. The van der Waals surface area contributed by atoms with E-state index in [0.29, 0.717) is 25.9 Å². The Morgan fingerprint density at radius 2 is 0.739 bits per heavy atom. The first-order chi connectivity index (χ1) is 34.0. The highest BCUT2D eigenvalue weighted by atomic mass is 16.5. The summed E-state index contributed by atoms with van der Waals surface area (Å²) in [7, 11) is 0. The maximum Gasteiger partial charge on any atom is 0.305 e. The zero-order valence-corrected chi connectivity index (χ0v) is 46.3. The highest BCUT2D eigenvalue weighted by Crippen LogP contribution is 2.18. The second-order valence-corrected chi connectivity index (χ2v) is 21.1. The van der Waals surface area contributed by atoms with Crippen molar-refractivity contribution in [1.82, 2.24) is 5.32 Å². The molecule has 0 saturated carbocycles. The zero-order valence-electron chi connectivity index (χ0n) is 46.3. The molecule has 2 atom stereocenters. The quantitative estimate of drug-likeness (QED) is 0.0244. The molecule has 0 aromatic rings. The lowest BCUT2D eigenvalue weighted by atomic mass is 10.0. The number of hydrogen-bond acceptors (Lipinski definition) is 5. The summed E-state index contributed by atoms with van der Waals surface area (Å²) in [6.07, 6.45) is 72.9. The molecule has 0 heterocycles. The number of rotatable bonds is 57. The lowest BCUT2D eigenvalue weighted by Gasteiger charge is -2.22. The summed E-state index contributed by atoms with van der Waals surface area (Å²) >= 11 is 0. The van der Waals surface area contributed by atoms with E-state index in [-0.39, 0.29) is 18.5 Å². The summed E-state index contributed by atoms with van der Waals surface area (Å²) in [4.78, 5) is 24.5. The van der Waals surface area contributed by atoms with Crippen molar-refractivity contribution < 1.29 is 24.5 Å². The molecule has 0 fully saturated rings. The minimum atomic E-state index is -0.673. The van der Waals surface area contributed by atoms with Gasteiger partial charge in [0, 0.05) is 12.8 Å². The van der Waals surface area contributed by atoms with E-state index in [4.69, 9.17) is 4.74 Å². The molecule has 6 nitrogen and oxygen atoms in total. The molecule has 6 heteroatoms. The highest BCUT2D eigenvalue weighted by molar-refractivity contribution is 5.76. The number of allylic oxidation sites excluding steroid dienone is 6. The lowest BCUT2D eigenvalue weighted by molar-refractivity contribution is -0.143. The first-order valence-electron chi connectivity index (χ1n) is 30.8. The SMILES string of the molecule is CCCC/C=C\CCCCCCCC(=O)OCCCCC/C=C\C=C/CCCCCCCCCCCCC(=O)NC(CO)C(O)CCCCCCCCCCCCCCCCCCCCCCCC. The number of amides is 1. The Balaban J connectivity index is 3.48. The van der Waals surface area contributed by atoms with Crippen LogP contribution in [-0.4, -0.2) is 47.4 Å². The number of hydrogen-bond donors (Lipinski definition) is 3. The highest BCUT2D eigenvalue weighted by Gasteiger charge is 2.20. The Morgan fingerprint density at radius 3 is 1.16 bits per heavy atom. The molecular weight excluding hydrogens is 851 g/mol. The summed E-state index contributed by atoms with van der Waals surface area (Å²) in [5.41, 5.74) is 0. The fourth-order valence-electron chi connectivity index (χ4n) is 9.44. The molecule has 69 heavy (non-hydrogen) atoms. The number of aliphatic hydroxyl groups is 2. The number of ether oxygens (including phenoxy) is 1. The Morgan fingerprint density at radius 1 is 0.406 bits per heavy atom. The van der Waals surface area contributed by atoms with Gasteiger partial charge in [0.05, 0.1) is 25.4 Å². The summed E-state index contributed by atoms with van der Waals surface area (Å²) < 4.78 is 5.43. The standard InChI is InChI=1S/C63H119NO5/c1-3-5-7-9-11-13-15-16-17-18-19-20-21-23-26-29-32-36-39-43-47-51-55-61(66)60(59-65)64-62(67)56-52-48-44-40-37-33-30-27-24-22-25-28-31-34-38-42-46-50-54-58-69-63(68)57-53-49-45-41-35-14-12-10-8-6-4-2/h10,12,28,31,34,38,60-61,65-66H,3-9,11,13-27,29-30,32-33,35-37,39-59H2,1-2H3,(H,64,67)/b12-10-,31-28-,38-34-. The third-order valence-electron chi connectivity index (χ3n) is 14.2.